The molecule has 0 heterocycles. The lowest BCUT2D eigenvalue weighted by Gasteiger charge is -2.13. The highest BCUT2D eigenvalue weighted by atomic mass is 28.3. The van der Waals surface area contributed by atoms with Crippen molar-refractivity contribution in [3.63, 3.8) is 0 Å². The largest absolute Gasteiger partial charge is 0.290 e. The summed E-state index contributed by atoms with van der Waals surface area (Å²) in [5.41, 5.74) is 0. The van der Waals surface area contributed by atoms with Gasteiger partial charge in [-0.25, -0.2) is 4.89 Å². The van der Waals surface area contributed by atoms with Gasteiger partial charge in [0.1, 0.15) is 0 Å². The Morgan fingerprint density at radius 1 is 1.23 bits per heavy atom. The van der Waals surface area contributed by atoms with E-state index in [2.05, 4.69) is 26.0 Å². The summed E-state index contributed by atoms with van der Waals surface area (Å²) >= 11 is 0. The van der Waals surface area contributed by atoms with E-state index in [4.69, 9.17) is 9.46 Å². The summed E-state index contributed by atoms with van der Waals surface area (Å²) in [6.07, 6.45) is 5.69. The molecule has 0 saturated carbocycles. The van der Waals surface area contributed by atoms with Gasteiger partial charge in [0.25, 0.3) is 0 Å². The van der Waals surface area contributed by atoms with Crippen molar-refractivity contribution in [1.82, 2.24) is 0 Å². The molecule has 0 aliphatic carbocycles. The monoisotopic (exact) mass is 202 g/mol. The van der Waals surface area contributed by atoms with Gasteiger partial charge in [0.2, 0.25) is 9.04 Å². The maximum Gasteiger partial charge on any atom is 0.227 e. The molecule has 0 aromatic rings. The third kappa shape index (κ3) is 8.21. The molecular weight excluding hydrogens is 180 g/mol. The first-order chi connectivity index (χ1) is 6.20. The maximum atomic E-state index is 5.39. The minimum atomic E-state index is -1.11. The van der Waals surface area contributed by atoms with E-state index in [1.54, 1.807) is 0 Å². The van der Waals surface area contributed by atoms with E-state index in [9.17, 15) is 0 Å². The normalized spacial score (nSPS) is 14.2. The summed E-state index contributed by atoms with van der Waals surface area (Å²) < 4.78 is 5.39. The van der Waals surface area contributed by atoms with E-state index in [1.807, 2.05) is 13.8 Å². The molecule has 78 valence electrons. The van der Waals surface area contributed by atoms with Gasteiger partial charge in [-0.1, -0.05) is 26.0 Å². The van der Waals surface area contributed by atoms with Crippen molar-refractivity contribution in [2.24, 2.45) is 0 Å². The van der Waals surface area contributed by atoms with Gasteiger partial charge in [0, 0.05) is 0 Å². The van der Waals surface area contributed by atoms with E-state index in [0.717, 1.165) is 18.5 Å². The molecule has 0 amide bonds. The lowest BCUT2D eigenvalue weighted by Crippen LogP contribution is -2.18. The quantitative estimate of drug-likeness (QED) is 0.273. The Balaban J connectivity index is 3.56. The molecule has 0 rings (SSSR count). The van der Waals surface area contributed by atoms with Gasteiger partial charge in [-0.3, -0.25) is 4.58 Å². The zero-order valence-electron chi connectivity index (χ0n) is 9.25. The van der Waals surface area contributed by atoms with Crippen molar-refractivity contribution in [3.05, 3.63) is 12.2 Å². The third-order valence-electron chi connectivity index (χ3n) is 1.64. The predicted octanol–water partition coefficient (Wildman–Crippen LogP) is 3.05. The molecular formula is C10H22O2Si. The molecule has 0 fully saturated rings. The fourth-order valence-corrected chi connectivity index (χ4v) is 2.30. The highest BCUT2D eigenvalue weighted by molar-refractivity contribution is 6.51. The van der Waals surface area contributed by atoms with E-state index < -0.39 is 9.04 Å². The Hall–Kier alpha value is -0.123. The minimum absolute atomic E-state index is 0.178. The van der Waals surface area contributed by atoms with Crippen LogP contribution >= 0.6 is 0 Å². The second-order valence-electron chi connectivity index (χ2n) is 3.39. The summed E-state index contributed by atoms with van der Waals surface area (Å²) in [6, 6.07) is 2.21. The van der Waals surface area contributed by atoms with E-state index in [-0.39, 0.29) is 6.10 Å². The first-order valence-corrected chi connectivity index (χ1v) is 7.28. The van der Waals surface area contributed by atoms with Crippen LogP contribution in [0.25, 0.3) is 0 Å². The van der Waals surface area contributed by atoms with Gasteiger partial charge < -0.3 is 0 Å². The van der Waals surface area contributed by atoms with E-state index in [1.165, 1.54) is 0 Å². The minimum Gasteiger partial charge on any atom is -0.290 e. The smallest absolute Gasteiger partial charge is 0.227 e. The fraction of sp³-hybridized carbons (Fsp3) is 0.800. The fourth-order valence-electron chi connectivity index (χ4n) is 0.878. The SMILES string of the molecule is CCC=CC[SiH](CC)OOC(C)C. The first kappa shape index (κ1) is 12.9. The molecule has 1 unspecified atom stereocenters. The van der Waals surface area contributed by atoms with Crippen molar-refractivity contribution in [3.8, 4) is 0 Å². The van der Waals surface area contributed by atoms with Crippen molar-refractivity contribution < 1.29 is 9.46 Å². The maximum absolute atomic E-state index is 5.39. The van der Waals surface area contributed by atoms with Gasteiger partial charge in [0.15, 0.2) is 0 Å². The standard InChI is InChI=1S/C10H22O2Si/c1-5-7-8-9-13(6-2)12-11-10(3)4/h7-8,10,13H,5-6,9H2,1-4H3. The van der Waals surface area contributed by atoms with Crippen LogP contribution in [0.2, 0.25) is 12.1 Å². The highest BCUT2D eigenvalue weighted by Crippen LogP contribution is 2.04. The molecule has 0 spiro atoms. The average molecular weight is 202 g/mol. The summed E-state index contributed by atoms with van der Waals surface area (Å²) in [5.74, 6) is 0. The van der Waals surface area contributed by atoms with Crippen molar-refractivity contribution >= 4 is 9.04 Å². The molecule has 2 nitrogen and oxygen atoms in total. The summed E-state index contributed by atoms with van der Waals surface area (Å²) in [6.45, 7) is 8.29. The second-order valence-corrected chi connectivity index (χ2v) is 6.11. The van der Waals surface area contributed by atoms with Crippen molar-refractivity contribution in [1.29, 1.82) is 0 Å². The van der Waals surface area contributed by atoms with Crippen molar-refractivity contribution in [2.75, 3.05) is 0 Å². The summed E-state index contributed by atoms with van der Waals surface area (Å²) in [5, 5.41) is 0. The molecule has 0 aromatic carbocycles. The van der Waals surface area contributed by atoms with Crippen LogP contribution in [0.5, 0.6) is 0 Å². The first-order valence-electron chi connectivity index (χ1n) is 5.17. The van der Waals surface area contributed by atoms with Crippen LogP contribution in [0.3, 0.4) is 0 Å². The topological polar surface area (TPSA) is 18.5 Å². The molecule has 0 radical (unpaired) electrons. The second kappa shape index (κ2) is 8.47. The zero-order valence-corrected chi connectivity index (χ0v) is 10.4. The molecule has 1 atom stereocenters. The Labute approximate surface area is 83.6 Å². The summed E-state index contributed by atoms with van der Waals surface area (Å²) in [4.78, 5) is 5.15. The Bertz CT molecular complexity index is 135. The van der Waals surface area contributed by atoms with Gasteiger partial charge >= 0.3 is 0 Å². The van der Waals surface area contributed by atoms with Gasteiger partial charge in [-0.15, -0.1) is 0 Å². The molecule has 0 N–H and O–H groups in total. The molecule has 0 aliphatic heterocycles. The molecule has 3 heteroatoms. The summed E-state index contributed by atoms with van der Waals surface area (Å²) in [7, 11) is -1.11. The highest BCUT2D eigenvalue weighted by Gasteiger charge is 2.09. The molecule has 0 aliphatic rings. The van der Waals surface area contributed by atoms with Crippen LogP contribution in [0.1, 0.15) is 34.1 Å². The van der Waals surface area contributed by atoms with Crippen LogP contribution in [0.4, 0.5) is 0 Å². The van der Waals surface area contributed by atoms with Crippen LogP contribution in [-0.4, -0.2) is 15.1 Å². The lowest BCUT2D eigenvalue weighted by molar-refractivity contribution is -0.241. The number of hydrogen-bond acceptors (Lipinski definition) is 2. The Morgan fingerprint density at radius 3 is 2.38 bits per heavy atom. The molecule has 0 bridgehead atoms. The van der Waals surface area contributed by atoms with Gasteiger partial charge in [-0.05, 0) is 32.4 Å². The van der Waals surface area contributed by atoms with Gasteiger partial charge in [-0.2, -0.15) is 0 Å². The number of rotatable bonds is 7. The molecule has 0 aromatic heterocycles. The van der Waals surface area contributed by atoms with Crippen LogP contribution in [0, 0.1) is 0 Å². The van der Waals surface area contributed by atoms with Gasteiger partial charge in [0.05, 0.1) is 6.10 Å². The van der Waals surface area contributed by atoms with E-state index in [0.29, 0.717) is 0 Å². The van der Waals surface area contributed by atoms with Crippen LogP contribution in [0.15, 0.2) is 12.2 Å². The van der Waals surface area contributed by atoms with Crippen LogP contribution < -0.4 is 0 Å². The van der Waals surface area contributed by atoms with Crippen molar-refractivity contribution in [2.45, 2.75) is 52.3 Å². The number of hydrogen-bond donors (Lipinski definition) is 0. The third-order valence-corrected chi connectivity index (χ3v) is 3.73. The lowest BCUT2D eigenvalue weighted by atomic mass is 10.4. The zero-order chi connectivity index (χ0) is 10.1. The Morgan fingerprint density at radius 2 is 1.92 bits per heavy atom. The van der Waals surface area contributed by atoms with E-state index >= 15 is 0 Å². The number of allylic oxidation sites excluding steroid dienone is 2. The molecule has 13 heavy (non-hydrogen) atoms. The predicted molar refractivity (Wildman–Crippen MR) is 59.2 cm³/mol. The Kier molecular flexibility index (Phi) is 8.39. The average Bonchev–Trinajstić information content (AvgIpc) is 2.10. The van der Waals surface area contributed by atoms with Crippen LogP contribution in [-0.2, 0) is 9.46 Å². The molecule has 0 saturated heterocycles.